The maximum Gasteiger partial charge on any atom is 0.268 e. The van der Waals surface area contributed by atoms with Crippen LogP contribution in [0, 0.1) is 11.8 Å². The Morgan fingerprint density at radius 2 is 1.56 bits per heavy atom. The fourth-order valence-electron chi connectivity index (χ4n) is 3.69. The summed E-state index contributed by atoms with van der Waals surface area (Å²) in [5.74, 6) is 6.24. The third-order valence-electron chi connectivity index (χ3n) is 5.08. The van der Waals surface area contributed by atoms with Crippen molar-refractivity contribution in [2.24, 2.45) is 0 Å². The van der Waals surface area contributed by atoms with E-state index >= 15 is 0 Å². The van der Waals surface area contributed by atoms with Crippen LogP contribution in [-0.2, 0) is 21.7 Å². The number of ether oxygens (including phenoxy) is 1. The zero-order valence-corrected chi connectivity index (χ0v) is 14.6. The molecule has 1 fully saturated rings. The van der Waals surface area contributed by atoms with Crippen LogP contribution in [0.15, 0.2) is 84.9 Å². The molecule has 27 heavy (non-hydrogen) atoms. The molecule has 2 unspecified atom stereocenters. The highest BCUT2D eigenvalue weighted by atomic mass is 16.6. The Balaban J connectivity index is 1.48. The minimum absolute atomic E-state index is 0.0279. The molecule has 1 saturated heterocycles. The summed E-state index contributed by atoms with van der Waals surface area (Å²) in [5, 5.41) is 0. The van der Waals surface area contributed by atoms with Gasteiger partial charge in [0.2, 0.25) is 5.60 Å². The summed E-state index contributed by atoms with van der Waals surface area (Å²) in [7, 11) is 0. The maximum atomic E-state index is 13.3. The van der Waals surface area contributed by atoms with Crippen LogP contribution in [-0.4, -0.2) is 12.0 Å². The molecular weight excluding hydrogens is 334 g/mol. The Morgan fingerprint density at radius 3 is 2.33 bits per heavy atom. The first kappa shape index (κ1) is 15.9. The van der Waals surface area contributed by atoms with E-state index in [0.717, 1.165) is 22.4 Å². The van der Waals surface area contributed by atoms with Gasteiger partial charge in [0.05, 0.1) is 12.2 Å². The lowest BCUT2D eigenvalue weighted by Crippen LogP contribution is -2.33. The van der Waals surface area contributed by atoms with Crippen molar-refractivity contribution in [2.75, 3.05) is 4.90 Å². The number of nitrogens with zero attached hydrogens (tertiary/aromatic N) is 1. The van der Waals surface area contributed by atoms with Crippen molar-refractivity contribution in [1.82, 2.24) is 0 Å². The Labute approximate surface area is 158 Å². The average molecular weight is 351 g/mol. The van der Waals surface area contributed by atoms with Gasteiger partial charge in [0.25, 0.3) is 5.91 Å². The molecule has 0 N–H and O–H groups in total. The molecule has 1 spiro atoms. The number of carbonyl (C=O) groups is 1. The van der Waals surface area contributed by atoms with Crippen LogP contribution < -0.4 is 4.90 Å². The fraction of sp³-hybridized carbons (Fsp3) is 0.125. The van der Waals surface area contributed by atoms with Gasteiger partial charge in [-0.25, -0.2) is 0 Å². The van der Waals surface area contributed by atoms with Crippen LogP contribution in [0.25, 0.3) is 0 Å². The van der Waals surface area contributed by atoms with E-state index in [9.17, 15) is 4.79 Å². The third-order valence-corrected chi connectivity index (χ3v) is 5.08. The van der Waals surface area contributed by atoms with Gasteiger partial charge in [0.15, 0.2) is 6.10 Å². The summed E-state index contributed by atoms with van der Waals surface area (Å²) in [6.07, 6.45) is -0.410. The van der Waals surface area contributed by atoms with E-state index in [1.807, 2.05) is 89.8 Å². The van der Waals surface area contributed by atoms with Gasteiger partial charge in [0, 0.05) is 11.1 Å². The quantitative estimate of drug-likeness (QED) is 0.518. The zero-order chi connectivity index (χ0) is 18.3. The van der Waals surface area contributed by atoms with E-state index in [-0.39, 0.29) is 5.91 Å². The molecular formula is C24H17NO2. The van der Waals surface area contributed by atoms with E-state index < -0.39 is 11.7 Å². The molecule has 1 amide bonds. The first-order valence-corrected chi connectivity index (χ1v) is 8.99. The summed E-state index contributed by atoms with van der Waals surface area (Å²) in [6.45, 7) is 0.528. The monoisotopic (exact) mass is 351 g/mol. The van der Waals surface area contributed by atoms with Gasteiger partial charge < -0.3 is 9.64 Å². The summed E-state index contributed by atoms with van der Waals surface area (Å²) < 4.78 is 5.93. The number of carbonyl (C=O) groups excluding carboxylic acids is 1. The first-order valence-electron chi connectivity index (χ1n) is 8.99. The van der Waals surface area contributed by atoms with Gasteiger partial charge >= 0.3 is 0 Å². The minimum Gasteiger partial charge on any atom is -0.336 e. The molecule has 2 aliphatic rings. The topological polar surface area (TPSA) is 32.8 Å². The average Bonchev–Trinajstić information content (AvgIpc) is 3.42. The molecule has 5 rings (SSSR count). The standard InChI is InChI=1S/C24H17NO2/c26-23-24(22(27-24)16-15-18-9-3-1-4-10-18)20-13-7-8-14-21(20)25(23)17-19-11-5-2-6-12-19/h1-14,22H,17H2. The molecule has 0 radical (unpaired) electrons. The summed E-state index contributed by atoms with van der Waals surface area (Å²) in [6, 6.07) is 27.6. The molecule has 0 saturated carbocycles. The van der Waals surface area contributed by atoms with Crippen LogP contribution in [0.4, 0.5) is 5.69 Å². The SMILES string of the molecule is O=C1N(Cc2ccccc2)c2ccccc2C12OC2C#Cc1ccccc1. The molecule has 2 heterocycles. The number of anilines is 1. The highest BCUT2D eigenvalue weighted by molar-refractivity contribution is 6.09. The number of epoxide rings is 1. The number of hydrogen-bond acceptors (Lipinski definition) is 2. The number of rotatable bonds is 2. The molecule has 0 aliphatic carbocycles. The first-order chi connectivity index (χ1) is 13.3. The normalized spacial score (nSPS) is 22.3. The molecule has 0 bridgehead atoms. The van der Waals surface area contributed by atoms with Gasteiger partial charge in [-0.1, -0.05) is 78.6 Å². The molecule has 3 aromatic rings. The Kier molecular flexibility index (Phi) is 3.60. The van der Waals surface area contributed by atoms with Crippen molar-refractivity contribution in [3.05, 3.63) is 102 Å². The highest BCUT2D eigenvalue weighted by Crippen LogP contribution is 2.55. The molecule has 0 aromatic heterocycles. The van der Waals surface area contributed by atoms with Gasteiger partial charge in [0.1, 0.15) is 0 Å². The number of amides is 1. The Bertz CT molecular complexity index is 1070. The van der Waals surface area contributed by atoms with E-state index in [2.05, 4.69) is 11.8 Å². The number of benzene rings is 3. The van der Waals surface area contributed by atoms with Crippen molar-refractivity contribution in [3.63, 3.8) is 0 Å². The van der Waals surface area contributed by atoms with Gasteiger partial charge in [-0.2, -0.15) is 0 Å². The second-order valence-corrected chi connectivity index (χ2v) is 6.76. The third kappa shape index (κ3) is 2.54. The van der Waals surface area contributed by atoms with E-state index in [4.69, 9.17) is 4.74 Å². The highest BCUT2D eigenvalue weighted by Gasteiger charge is 2.69. The van der Waals surface area contributed by atoms with E-state index in [1.165, 1.54) is 0 Å². The minimum atomic E-state index is -0.951. The van der Waals surface area contributed by atoms with Crippen molar-refractivity contribution < 1.29 is 9.53 Å². The van der Waals surface area contributed by atoms with Gasteiger partial charge in [-0.05, 0) is 23.8 Å². The number of hydrogen-bond donors (Lipinski definition) is 0. The zero-order valence-electron chi connectivity index (χ0n) is 14.6. The fourth-order valence-corrected chi connectivity index (χ4v) is 3.69. The largest absolute Gasteiger partial charge is 0.336 e. The van der Waals surface area contributed by atoms with Crippen LogP contribution in [0.5, 0.6) is 0 Å². The molecule has 3 aromatic carbocycles. The second-order valence-electron chi connectivity index (χ2n) is 6.76. The lowest BCUT2D eigenvalue weighted by atomic mass is 9.97. The van der Waals surface area contributed by atoms with Crippen LogP contribution in [0.3, 0.4) is 0 Å². The second kappa shape index (κ2) is 6.12. The van der Waals surface area contributed by atoms with Gasteiger partial charge in [-0.3, -0.25) is 4.79 Å². The number of para-hydroxylation sites is 1. The lowest BCUT2D eigenvalue weighted by molar-refractivity contribution is -0.123. The van der Waals surface area contributed by atoms with Crippen LogP contribution >= 0.6 is 0 Å². The lowest BCUT2D eigenvalue weighted by Gasteiger charge is -2.17. The number of fused-ring (bicyclic) bond motifs is 2. The predicted molar refractivity (Wildman–Crippen MR) is 104 cm³/mol. The maximum absolute atomic E-state index is 13.3. The Morgan fingerprint density at radius 1 is 0.889 bits per heavy atom. The van der Waals surface area contributed by atoms with Crippen LogP contribution in [0.2, 0.25) is 0 Å². The van der Waals surface area contributed by atoms with Crippen molar-refractivity contribution in [3.8, 4) is 11.8 Å². The van der Waals surface area contributed by atoms with E-state index in [0.29, 0.717) is 6.54 Å². The molecule has 3 nitrogen and oxygen atoms in total. The van der Waals surface area contributed by atoms with Crippen molar-refractivity contribution in [2.45, 2.75) is 18.2 Å². The van der Waals surface area contributed by atoms with Crippen LogP contribution in [0.1, 0.15) is 16.7 Å². The summed E-state index contributed by atoms with van der Waals surface area (Å²) >= 11 is 0. The molecule has 2 atom stereocenters. The van der Waals surface area contributed by atoms with E-state index in [1.54, 1.807) is 0 Å². The van der Waals surface area contributed by atoms with Crippen molar-refractivity contribution >= 4 is 11.6 Å². The Hall–Kier alpha value is -3.35. The van der Waals surface area contributed by atoms with Gasteiger partial charge in [-0.15, -0.1) is 0 Å². The summed E-state index contributed by atoms with van der Waals surface area (Å²) in [5.41, 5.74) is 2.88. The van der Waals surface area contributed by atoms with Crippen molar-refractivity contribution in [1.29, 1.82) is 0 Å². The molecule has 130 valence electrons. The molecule has 2 aliphatic heterocycles. The smallest absolute Gasteiger partial charge is 0.268 e. The predicted octanol–water partition coefficient (Wildman–Crippen LogP) is 3.88. The summed E-state index contributed by atoms with van der Waals surface area (Å²) in [4.78, 5) is 15.1. The molecule has 3 heteroatoms.